The molecule has 0 radical (unpaired) electrons. The zero-order chi connectivity index (χ0) is 21.2. The normalized spacial score (nSPS) is 13.3. The summed E-state index contributed by atoms with van der Waals surface area (Å²) in [4.78, 5) is 10.6. The summed E-state index contributed by atoms with van der Waals surface area (Å²) in [5, 5.41) is 19.8. The Bertz CT molecular complexity index is 517. The number of rotatable bonds is 19. The van der Waals surface area contributed by atoms with Gasteiger partial charge in [-0.05, 0) is 24.8 Å². The van der Waals surface area contributed by atoms with Crippen LogP contribution in [-0.2, 0) is 16.1 Å². The summed E-state index contributed by atoms with van der Waals surface area (Å²) in [7, 11) is 0. The Morgan fingerprint density at radius 1 is 0.828 bits per heavy atom. The molecule has 0 fully saturated rings. The highest BCUT2D eigenvalue weighted by molar-refractivity contribution is 5.66. The zero-order valence-corrected chi connectivity index (χ0v) is 18.4. The molecule has 0 heterocycles. The molecule has 0 spiro atoms. The van der Waals surface area contributed by atoms with Gasteiger partial charge in [-0.15, -0.1) is 0 Å². The third kappa shape index (κ3) is 14.3. The van der Waals surface area contributed by atoms with Crippen LogP contribution in [0.1, 0.15) is 109 Å². The minimum absolute atomic E-state index is 0.229. The molecule has 1 aromatic rings. The van der Waals surface area contributed by atoms with Crippen LogP contribution >= 0.6 is 0 Å². The fourth-order valence-corrected chi connectivity index (χ4v) is 3.63. The minimum atomic E-state index is -1.08. The first kappa shape index (κ1) is 25.6. The molecule has 1 atom stereocenters. The highest BCUT2D eigenvalue weighted by Crippen LogP contribution is 2.26. The topological polar surface area (TPSA) is 66.8 Å². The smallest absolute Gasteiger partial charge is 0.303 e. The molecule has 29 heavy (non-hydrogen) atoms. The number of ether oxygens (including phenoxy) is 1. The van der Waals surface area contributed by atoms with Gasteiger partial charge in [0.1, 0.15) is 0 Å². The first-order valence-electron chi connectivity index (χ1n) is 11.7. The van der Waals surface area contributed by atoms with E-state index in [1.165, 1.54) is 38.5 Å². The molecule has 0 aliphatic heterocycles. The lowest BCUT2D eigenvalue weighted by atomic mass is 9.99. The lowest BCUT2D eigenvalue weighted by Gasteiger charge is -2.29. The second kappa shape index (κ2) is 16.4. The summed E-state index contributed by atoms with van der Waals surface area (Å²) in [6, 6.07) is 9.98. The standard InChI is InChI=1S/C25H42O4/c1-2-3-4-5-6-7-9-15-20-25(28,21-16-10-8-14-19-24(26)27)29-22-23-17-12-11-13-18-23/h11-13,17-18,28H,2-10,14-16,19-22H2,1H3,(H,26,27). The molecule has 2 N–H and O–H groups in total. The first-order chi connectivity index (χ1) is 14.1. The molecule has 166 valence electrons. The van der Waals surface area contributed by atoms with Crippen molar-refractivity contribution in [2.75, 3.05) is 0 Å². The predicted octanol–water partition coefficient (Wildman–Crippen LogP) is 6.85. The fourth-order valence-electron chi connectivity index (χ4n) is 3.63. The Hall–Kier alpha value is -1.39. The Labute approximate surface area is 177 Å². The van der Waals surface area contributed by atoms with Crippen LogP contribution in [0, 0.1) is 0 Å². The number of carbonyl (C=O) groups is 1. The molecule has 4 heteroatoms. The number of aliphatic hydroxyl groups is 1. The van der Waals surface area contributed by atoms with Gasteiger partial charge >= 0.3 is 5.97 Å². The number of aliphatic carboxylic acids is 1. The van der Waals surface area contributed by atoms with E-state index in [-0.39, 0.29) is 6.42 Å². The molecule has 0 amide bonds. The molecule has 0 aliphatic rings. The van der Waals surface area contributed by atoms with Gasteiger partial charge in [0.2, 0.25) is 0 Å². The lowest BCUT2D eigenvalue weighted by Crippen LogP contribution is -2.32. The van der Waals surface area contributed by atoms with Crippen molar-refractivity contribution in [3.05, 3.63) is 35.9 Å². The number of hydrogen-bond donors (Lipinski definition) is 2. The van der Waals surface area contributed by atoms with Gasteiger partial charge in [-0.2, -0.15) is 0 Å². The van der Waals surface area contributed by atoms with Crippen LogP contribution in [0.4, 0.5) is 0 Å². The second-order valence-electron chi connectivity index (χ2n) is 8.25. The average Bonchev–Trinajstić information content (AvgIpc) is 2.72. The number of hydrogen-bond acceptors (Lipinski definition) is 3. The van der Waals surface area contributed by atoms with Crippen molar-refractivity contribution in [3.8, 4) is 0 Å². The minimum Gasteiger partial charge on any atom is -0.481 e. The van der Waals surface area contributed by atoms with Crippen molar-refractivity contribution >= 4 is 5.97 Å². The molecule has 0 aliphatic carbocycles. The SMILES string of the molecule is CCCCCCCCCCC(O)(CCCCCCC(=O)O)OCc1ccccc1. The maximum atomic E-state index is 11.1. The van der Waals surface area contributed by atoms with Crippen LogP contribution in [-0.4, -0.2) is 22.0 Å². The van der Waals surface area contributed by atoms with Gasteiger partial charge in [0.05, 0.1) is 6.61 Å². The van der Waals surface area contributed by atoms with E-state index in [1.54, 1.807) is 0 Å². The van der Waals surface area contributed by atoms with Gasteiger partial charge in [-0.25, -0.2) is 0 Å². The van der Waals surface area contributed by atoms with Gasteiger partial charge < -0.3 is 14.9 Å². The van der Waals surface area contributed by atoms with Crippen LogP contribution in [0.15, 0.2) is 30.3 Å². The summed E-state index contributed by atoms with van der Waals surface area (Å²) in [5.74, 6) is -1.81. The zero-order valence-electron chi connectivity index (χ0n) is 18.4. The van der Waals surface area contributed by atoms with Crippen molar-refractivity contribution < 1.29 is 19.7 Å². The second-order valence-corrected chi connectivity index (χ2v) is 8.25. The van der Waals surface area contributed by atoms with Crippen molar-refractivity contribution in [2.45, 2.75) is 116 Å². The van der Waals surface area contributed by atoms with Gasteiger partial charge in [0, 0.05) is 19.3 Å². The summed E-state index contributed by atoms with van der Waals surface area (Å²) in [5.41, 5.74) is 1.07. The molecular weight excluding hydrogens is 364 g/mol. The van der Waals surface area contributed by atoms with E-state index in [9.17, 15) is 9.90 Å². The maximum absolute atomic E-state index is 11.1. The highest BCUT2D eigenvalue weighted by Gasteiger charge is 2.26. The number of carboxylic acids is 1. The van der Waals surface area contributed by atoms with Gasteiger partial charge in [0.25, 0.3) is 0 Å². The van der Waals surface area contributed by atoms with Crippen molar-refractivity contribution in [1.29, 1.82) is 0 Å². The molecule has 1 unspecified atom stereocenters. The Morgan fingerprint density at radius 2 is 1.34 bits per heavy atom. The van der Waals surface area contributed by atoms with Crippen LogP contribution in [0.5, 0.6) is 0 Å². The Balaban J connectivity index is 2.33. The van der Waals surface area contributed by atoms with Gasteiger partial charge in [-0.1, -0.05) is 95.0 Å². The molecule has 0 saturated heterocycles. The number of carboxylic acid groups (broad SMARTS) is 1. The van der Waals surface area contributed by atoms with Crippen LogP contribution < -0.4 is 0 Å². The molecule has 0 aromatic heterocycles. The van der Waals surface area contributed by atoms with E-state index in [2.05, 4.69) is 6.92 Å². The fraction of sp³-hybridized carbons (Fsp3) is 0.720. The van der Waals surface area contributed by atoms with E-state index in [0.717, 1.165) is 37.7 Å². The summed E-state index contributed by atoms with van der Waals surface area (Å²) >= 11 is 0. The van der Waals surface area contributed by atoms with Crippen molar-refractivity contribution in [2.24, 2.45) is 0 Å². The monoisotopic (exact) mass is 406 g/mol. The van der Waals surface area contributed by atoms with E-state index < -0.39 is 11.8 Å². The van der Waals surface area contributed by atoms with E-state index in [1.807, 2.05) is 30.3 Å². The lowest BCUT2D eigenvalue weighted by molar-refractivity contribution is -0.220. The highest BCUT2D eigenvalue weighted by atomic mass is 16.6. The van der Waals surface area contributed by atoms with Crippen LogP contribution in [0.3, 0.4) is 0 Å². The van der Waals surface area contributed by atoms with Crippen molar-refractivity contribution in [1.82, 2.24) is 0 Å². The number of benzene rings is 1. The molecule has 4 nitrogen and oxygen atoms in total. The first-order valence-corrected chi connectivity index (χ1v) is 11.7. The third-order valence-electron chi connectivity index (χ3n) is 5.48. The number of unbranched alkanes of at least 4 members (excludes halogenated alkanes) is 10. The Morgan fingerprint density at radius 3 is 1.90 bits per heavy atom. The third-order valence-corrected chi connectivity index (χ3v) is 5.48. The molecular formula is C25H42O4. The quantitative estimate of drug-likeness (QED) is 0.195. The predicted molar refractivity (Wildman–Crippen MR) is 119 cm³/mol. The van der Waals surface area contributed by atoms with Crippen LogP contribution in [0.25, 0.3) is 0 Å². The Kier molecular flexibility index (Phi) is 14.5. The van der Waals surface area contributed by atoms with Crippen LogP contribution in [0.2, 0.25) is 0 Å². The summed E-state index contributed by atoms with van der Waals surface area (Å²) in [6.07, 6.45) is 14.8. The van der Waals surface area contributed by atoms with E-state index in [0.29, 0.717) is 25.9 Å². The van der Waals surface area contributed by atoms with Crippen molar-refractivity contribution in [3.63, 3.8) is 0 Å². The van der Waals surface area contributed by atoms with Gasteiger partial charge in [0.15, 0.2) is 5.79 Å². The average molecular weight is 407 g/mol. The molecule has 0 saturated carbocycles. The summed E-state index contributed by atoms with van der Waals surface area (Å²) in [6.45, 7) is 2.66. The van der Waals surface area contributed by atoms with E-state index >= 15 is 0 Å². The van der Waals surface area contributed by atoms with E-state index in [4.69, 9.17) is 9.84 Å². The summed E-state index contributed by atoms with van der Waals surface area (Å²) < 4.78 is 5.98. The molecule has 1 rings (SSSR count). The maximum Gasteiger partial charge on any atom is 0.303 e. The molecule has 1 aromatic carbocycles. The largest absolute Gasteiger partial charge is 0.481 e. The molecule has 0 bridgehead atoms. The van der Waals surface area contributed by atoms with Gasteiger partial charge in [-0.3, -0.25) is 4.79 Å².